The van der Waals surface area contributed by atoms with Crippen molar-refractivity contribution in [2.45, 2.75) is 13.0 Å². The first-order valence-corrected chi connectivity index (χ1v) is 10.8. The Labute approximate surface area is 186 Å². The van der Waals surface area contributed by atoms with E-state index in [1.165, 1.54) is 18.4 Å². The molecule has 0 aliphatic carbocycles. The van der Waals surface area contributed by atoms with Crippen LogP contribution in [-0.4, -0.2) is 89.8 Å². The lowest BCUT2D eigenvalue weighted by Gasteiger charge is -2.41. The summed E-state index contributed by atoms with van der Waals surface area (Å²) in [6, 6.07) is 9.68. The normalized spacial score (nSPS) is 18.5. The number of nitro groups is 1. The van der Waals surface area contributed by atoms with Crippen molar-refractivity contribution in [1.82, 2.24) is 14.7 Å². The second-order valence-corrected chi connectivity index (χ2v) is 8.07. The molecule has 2 aromatic rings. The molecule has 0 N–H and O–H groups in total. The predicted molar refractivity (Wildman–Crippen MR) is 118 cm³/mol. The van der Waals surface area contributed by atoms with Crippen molar-refractivity contribution >= 4 is 23.2 Å². The summed E-state index contributed by atoms with van der Waals surface area (Å²) < 4.78 is 5.18. The van der Waals surface area contributed by atoms with E-state index in [9.17, 15) is 19.7 Å². The van der Waals surface area contributed by atoms with E-state index in [4.69, 9.17) is 4.42 Å². The van der Waals surface area contributed by atoms with Gasteiger partial charge in [-0.05, 0) is 31.2 Å². The zero-order chi connectivity index (χ0) is 22.7. The molecule has 32 heavy (non-hydrogen) atoms. The van der Waals surface area contributed by atoms with Crippen molar-refractivity contribution in [2.24, 2.45) is 0 Å². The summed E-state index contributed by atoms with van der Waals surface area (Å²) >= 11 is 0. The summed E-state index contributed by atoms with van der Waals surface area (Å²) in [5, 5.41) is 10.8. The Balaban J connectivity index is 1.26. The largest absolute Gasteiger partial charge is 0.459 e. The molecule has 3 heterocycles. The van der Waals surface area contributed by atoms with Gasteiger partial charge in [-0.1, -0.05) is 0 Å². The van der Waals surface area contributed by atoms with Crippen LogP contribution in [0.3, 0.4) is 0 Å². The Kier molecular flexibility index (Phi) is 6.40. The van der Waals surface area contributed by atoms with Crippen LogP contribution in [0.1, 0.15) is 17.5 Å². The zero-order valence-electron chi connectivity index (χ0n) is 18.1. The number of hydrogen-bond donors (Lipinski definition) is 0. The Morgan fingerprint density at radius 1 is 0.938 bits per heavy atom. The van der Waals surface area contributed by atoms with E-state index in [1.807, 2.05) is 11.8 Å². The van der Waals surface area contributed by atoms with Gasteiger partial charge >= 0.3 is 0 Å². The van der Waals surface area contributed by atoms with Crippen LogP contribution in [0, 0.1) is 10.1 Å². The van der Waals surface area contributed by atoms with E-state index in [0.29, 0.717) is 31.9 Å². The summed E-state index contributed by atoms with van der Waals surface area (Å²) in [6.45, 7) is 6.92. The molecule has 2 aliphatic rings. The molecule has 1 unspecified atom stereocenters. The first-order valence-electron chi connectivity index (χ1n) is 10.8. The van der Waals surface area contributed by atoms with Crippen molar-refractivity contribution in [3.8, 4) is 0 Å². The maximum atomic E-state index is 13.0. The van der Waals surface area contributed by atoms with Gasteiger partial charge in [0.25, 0.3) is 11.6 Å². The number of anilines is 1. The number of carbonyl (C=O) groups is 2. The fraction of sp³-hybridized carbons (Fsp3) is 0.455. The maximum Gasteiger partial charge on any atom is 0.289 e. The van der Waals surface area contributed by atoms with E-state index >= 15 is 0 Å². The van der Waals surface area contributed by atoms with Gasteiger partial charge in [-0.2, -0.15) is 0 Å². The van der Waals surface area contributed by atoms with Gasteiger partial charge in [0.2, 0.25) is 5.91 Å². The predicted octanol–water partition coefficient (Wildman–Crippen LogP) is 1.68. The fourth-order valence-corrected chi connectivity index (χ4v) is 4.26. The summed E-state index contributed by atoms with van der Waals surface area (Å²) in [5.74, 6) is 0.264. The number of amides is 2. The molecule has 10 heteroatoms. The number of benzene rings is 1. The number of piperazine rings is 2. The lowest BCUT2D eigenvalue weighted by atomic mass is 10.1. The molecular weight excluding hydrogens is 414 g/mol. The van der Waals surface area contributed by atoms with Crippen molar-refractivity contribution in [2.75, 3.05) is 57.3 Å². The topological polar surface area (TPSA) is 103 Å². The number of non-ortho nitro benzene ring substituents is 1. The van der Waals surface area contributed by atoms with Gasteiger partial charge in [-0.3, -0.25) is 24.6 Å². The Morgan fingerprint density at radius 2 is 1.56 bits per heavy atom. The number of nitro benzene ring substituents is 1. The number of hydrogen-bond acceptors (Lipinski definition) is 7. The monoisotopic (exact) mass is 441 g/mol. The smallest absolute Gasteiger partial charge is 0.289 e. The third-order valence-corrected chi connectivity index (χ3v) is 6.26. The SMILES string of the molecule is CC(C(=O)N1CCN(C(=O)c2ccco2)CC1)N1CCN(c2ccc([N+](=O)[O-])cc2)CC1. The molecule has 1 aromatic heterocycles. The number of furan rings is 1. The standard InChI is InChI=1S/C22H27N5O5/c1-17(21(28)25-12-14-26(15-13-25)22(29)20-3-2-16-32-20)23-8-10-24(11-9-23)18-4-6-19(7-5-18)27(30)31/h2-7,16-17H,8-15H2,1H3. The van der Waals surface area contributed by atoms with E-state index in [-0.39, 0.29) is 23.5 Å². The Hall–Kier alpha value is -3.40. The van der Waals surface area contributed by atoms with Crippen LogP contribution in [0.25, 0.3) is 0 Å². The van der Waals surface area contributed by atoms with Gasteiger partial charge in [0, 0.05) is 70.2 Å². The highest BCUT2D eigenvalue weighted by Crippen LogP contribution is 2.21. The number of carbonyl (C=O) groups excluding carboxylic acids is 2. The molecule has 0 spiro atoms. The molecule has 10 nitrogen and oxygen atoms in total. The molecule has 0 bridgehead atoms. The van der Waals surface area contributed by atoms with Gasteiger partial charge in [-0.15, -0.1) is 0 Å². The van der Waals surface area contributed by atoms with Crippen LogP contribution < -0.4 is 4.90 Å². The molecule has 4 rings (SSSR count). The zero-order valence-corrected chi connectivity index (χ0v) is 18.1. The minimum atomic E-state index is -0.401. The fourth-order valence-electron chi connectivity index (χ4n) is 4.26. The van der Waals surface area contributed by atoms with Crippen molar-refractivity contribution in [3.05, 3.63) is 58.5 Å². The molecule has 2 amide bonds. The number of rotatable bonds is 5. The lowest BCUT2D eigenvalue weighted by Crippen LogP contribution is -2.58. The average Bonchev–Trinajstić information content (AvgIpc) is 3.38. The first-order chi connectivity index (χ1) is 15.4. The van der Waals surface area contributed by atoms with E-state index in [0.717, 1.165) is 31.9 Å². The quantitative estimate of drug-likeness (QED) is 0.514. The Morgan fingerprint density at radius 3 is 2.12 bits per heavy atom. The minimum Gasteiger partial charge on any atom is -0.459 e. The third kappa shape index (κ3) is 4.59. The van der Waals surface area contributed by atoms with Crippen LogP contribution >= 0.6 is 0 Å². The maximum absolute atomic E-state index is 13.0. The van der Waals surface area contributed by atoms with Gasteiger partial charge < -0.3 is 19.1 Å². The summed E-state index contributed by atoms with van der Waals surface area (Å²) in [4.78, 5) is 43.8. The van der Waals surface area contributed by atoms with Crippen molar-refractivity contribution < 1.29 is 18.9 Å². The Bertz CT molecular complexity index is 946. The van der Waals surface area contributed by atoms with Crippen LogP contribution in [0.5, 0.6) is 0 Å². The second kappa shape index (κ2) is 9.39. The number of nitrogens with zero attached hydrogens (tertiary/aromatic N) is 5. The first kappa shape index (κ1) is 21.8. The molecule has 0 radical (unpaired) electrons. The van der Waals surface area contributed by atoms with Crippen LogP contribution in [0.4, 0.5) is 11.4 Å². The van der Waals surface area contributed by atoms with E-state index < -0.39 is 4.92 Å². The highest BCUT2D eigenvalue weighted by molar-refractivity contribution is 5.91. The molecule has 170 valence electrons. The minimum absolute atomic E-state index is 0.0811. The highest BCUT2D eigenvalue weighted by Gasteiger charge is 2.32. The van der Waals surface area contributed by atoms with Crippen molar-refractivity contribution in [1.29, 1.82) is 0 Å². The van der Waals surface area contributed by atoms with Gasteiger partial charge in [0.15, 0.2) is 5.76 Å². The third-order valence-electron chi connectivity index (χ3n) is 6.26. The summed E-state index contributed by atoms with van der Waals surface area (Å²) in [6.07, 6.45) is 1.48. The summed E-state index contributed by atoms with van der Waals surface area (Å²) in [7, 11) is 0. The average molecular weight is 441 g/mol. The van der Waals surface area contributed by atoms with Crippen molar-refractivity contribution in [3.63, 3.8) is 0 Å². The molecule has 1 atom stereocenters. The lowest BCUT2D eigenvalue weighted by molar-refractivity contribution is -0.384. The molecule has 2 saturated heterocycles. The summed E-state index contributed by atoms with van der Waals surface area (Å²) in [5.41, 5.74) is 1.03. The van der Waals surface area contributed by atoms with Gasteiger partial charge in [-0.25, -0.2) is 0 Å². The second-order valence-electron chi connectivity index (χ2n) is 8.07. The highest BCUT2D eigenvalue weighted by atomic mass is 16.6. The van der Waals surface area contributed by atoms with Crippen LogP contribution in [0.15, 0.2) is 47.1 Å². The van der Waals surface area contributed by atoms with Crippen LogP contribution in [0.2, 0.25) is 0 Å². The molecule has 0 saturated carbocycles. The molecule has 1 aromatic carbocycles. The molecule has 2 fully saturated rings. The van der Waals surface area contributed by atoms with E-state index in [2.05, 4.69) is 9.80 Å². The molecular formula is C22H27N5O5. The van der Waals surface area contributed by atoms with Gasteiger partial charge in [0.05, 0.1) is 17.2 Å². The van der Waals surface area contributed by atoms with Crippen LogP contribution in [-0.2, 0) is 4.79 Å². The molecule has 2 aliphatic heterocycles. The van der Waals surface area contributed by atoms with Gasteiger partial charge in [0.1, 0.15) is 0 Å². The van der Waals surface area contributed by atoms with E-state index in [1.54, 1.807) is 29.2 Å².